The van der Waals surface area contributed by atoms with Crippen LogP contribution < -0.4 is 10.1 Å². The monoisotopic (exact) mass is 371 g/mol. The Bertz CT molecular complexity index is 911. The number of rotatable bonds is 5. The third kappa shape index (κ3) is 4.55. The van der Waals surface area contributed by atoms with Crippen LogP contribution in [0.1, 0.15) is 26.6 Å². The van der Waals surface area contributed by atoms with E-state index in [0.29, 0.717) is 16.6 Å². The van der Waals surface area contributed by atoms with Crippen molar-refractivity contribution in [2.45, 2.75) is 39.5 Å². The molecular weight excluding hydrogens is 350 g/mol. The molecule has 3 aromatic rings. The number of fused-ring (bicyclic) bond motifs is 1. The molecule has 136 valence electrons. The number of aromatic nitrogens is 2. The number of carbonyl (C=O) groups excluding carboxylic acids is 1. The highest BCUT2D eigenvalue weighted by molar-refractivity contribution is 6.30. The Morgan fingerprint density at radius 1 is 1.15 bits per heavy atom. The highest BCUT2D eigenvalue weighted by Gasteiger charge is 2.18. The summed E-state index contributed by atoms with van der Waals surface area (Å²) in [5.41, 5.74) is 1.46. The standard InChI is InChI=1S/C20H22ClN3O2/c1-20(2,3)23-19(25)12-24-17-7-5-4-6-16(17)22-18(24)13-26-15-10-8-14(21)9-11-15/h4-11H,12-13H2,1-3H3,(H,23,25). The predicted molar refractivity (Wildman–Crippen MR) is 103 cm³/mol. The topological polar surface area (TPSA) is 56.2 Å². The van der Waals surface area contributed by atoms with Crippen LogP contribution >= 0.6 is 11.6 Å². The first-order valence-corrected chi connectivity index (χ1v) is 8.83. The summed E-state index contributed by atoms with van der Waals surface area (Å²) in [6.07, 6.45) is 0. The first-order chi connectivity index (χ1) is 12.3. The normalized spacial score (nSPS) is 11.5. The van der Waals surface area contributed by atoms with Gasteiger partial charge < -0.3 is 14.6 Å². The molecule has 0 saturated carbocycles. The van der Waals surface area contributed by atoms with Crippen molar-refractivity contribution in [1.29, 1.82) is 0 Å². The number of para-hydroxylation sites is 2. The summed E-state index contributed by atoms with van der Waals surface area (Å²) in [7, 11) is 0. The van der Waals surface area contributed by atoms with E-state index in [1.54, 1.807) is 12.1 Å². The summed E-state index contributed by atoms with van der Waals surface area (Å²) in [6, 6.07) is 14.9. The Morgan fingerprint density at radius 3 is 2.54 bits per heavy atom. The number of ether oxygens (including phenoxy) is 1. The number of hydrogen-bond donors (Lipinski definition) is 1. The minimum absolute atomic E-state index is 0.0617. The summed E-state index contributed by atoms with van der Waals surface area (Å²) in [5, 5.41) is 3.64. The summed E-state index contributed by atoms with van der Waals surface area (Å²) >= 11 is 5.90. The molecule has 26 heavy (non-hydrogen) atoms. The van der Waals surface area contributed by atoms with Gasteiger partial charge in [-0.15, -0.1) is 0 Å². The van der Waals surface area contributed by atoms with Crippen molar-refractivity contribution in [2.75, 3.05) is 0 Å². The average molecular weight is 372 g/mol. The molecule has 1 N–H and O–H groups in total. The molecule has 0 fully saturated rings. The molecule has 0 atom stereocenters. The number of halogens is 1. The van der Waals surface area contributed by atoms with E-state index in [1.807, 2.05) is 61.7 Å². The maximum absolute atomic E-state index is 12.4. The Hall–Kier alpha value is -2.53. The minimum Gasteiger partial charge on any atom is -0.486 e. The number of benzene rings is 2. The van der Waals surface area contributed by atoms with E-state index < -0.39 is 0 Å². The van der Waals surface area contributed by atoms with Gasteiger partial charge in [-0.2, -0.15) is 0 Å². The van der Waals surface area contributed by atoms with Crippen molar-refractivity contribution >= 4 is 28.5 Å². The van der Waals surface area contributed by atoms with Crippen LogP contribution in [0.2, 0.25) is 5.02 Å². The van der Waals surface area contributed by atoms with Gasteiger partial charge in [0, 0.05) is 10.6 Å². The zero-order valence-electron chi connectivity index (χ0n) is 15.1. The number of hydrogen-bond acceptors (Lipinski definition) is 3. The van der Waals surface area contributed by atoms with Gasteiger partial charge >= 0.3 is 0 Å². The van der Waals surface area contributed by atoms with Gasteiger partial charge in [0.1, 0.15) is 24.7 Å². The molecule has 0 radical (unpaired) electrons. The van der Waals surface area contributed by atoms with Crippen LogP contribution in [-0.4, -0.2) is 21.0 Å². The molecule has 0 aliphatic heterocycles. The van der Waals surface area contributed by atoms with Crippen LogP contribution in [-0.2, 0) is 17.9 Å². The maximum atomic E-state index is 12.4. The second-order valence-corrected chi connectivity index (χ2v) is 7.58. The second kappa shape index (κ2) is 7.38. The second-order valence-electron chi connectivity index (χ2n) is 7.14. The molecule has 0 spiro atoms. The maximum Gasteiger partial charge on any atom is 0.240 e. The molecule has 0 bridgehead atoms. The molecule has 1 aromatic heterocycles. The third-order valence-corrected chi connectivity index (χ3v) is 3.98. The molecule has 5 nitrogen and oxygen atoms in total. The largest absolute Gasteiger partial charge is 0.486 e. The van der Waals surface area contributed by atoms with Gasteiger partial charge in [0.15, 0.2) is 0 Å². The third-order valence-electron chi connectivity index (χ3n) is 3.73. The molecule has 0 aliphatic carbocycles. The minimum atomic E-state index is -0.284. The number of nitrogens with zero attached hydrogens (tertiary/aromatic N) is 2. The van der Waals surface area contributed by atoms with Gasteiger partial charge in [-0.1, -0.05) is 23.7 Å². The molecule has 6 heteroatoms. The van der Waals surface area contributed by atoms with Crippen LogP contribution in [0.15, 0.2) is 48.5 Å². The van der Waals surface area contributed by atoms with E-state index in [2.05, 4.69) is 10.3 Å². The van der Waals surface area contributed by atoms with Crippen molar-refractivity contribution in [2.24, 2.45) is 0 Å². The zero-order valence-corrected chi connectivity index (χ0v) is 15.9. The molecular formula is C20H22ClN3O2. The van der Waals surface area contributed by atoms with Crippen LogP contribution in [0.3, 0.4) is 0 Å². The molecule has 0 saturated heterocycles. The SMILES string of the molecule is CC(C)(C)NC(=O)Cn1c(COc2ccc(Cl)cc2)nc2ccccc21. The van der Waals surface area contributed by atoms with E-state index in [0.717, 1.165) is 11.0 Å². The Morgan fingerprint density at radius 2 is 1.85 bits per heavy atom. The number of imidazole rings is 1. The van der Waals surface area contributed by atoms with E-state index in [4.69, 9.17) is 16.3 Å². The summed E-state index contributed by atoms with van der Waals surface area (Å²) < 4.78 is 7.72. The van der Waals surface area contributed by atoms with E-state index in [-0.39, 0.29) is 24.6 Å². The molecule has 1 amide bonds. The number of carbonyl (C=O) groups is 1. The average Bonchev–Trinajstić information content (AvgIpc) is 2.90. The Balaban J connectivity index is 1.84. The Labute approximate surface area is 157 Å². The lowest BCUT2D eigenvalue weighted by Gasteiger charge is -2.21. The molecule has 3 rings (SSSR count). The highest BCUT2D eigenvalue weighted by atomic mass is 35.5. The quantitative estimate of drug-likeness (QED) is 0.731. The van der Waals surface area contributed by atoms with Gasteiger partial charge in [-0.25, -0.2) is 4.98 Å². The van der Waals surface area contributed by atoms with Crippen LogP contribution in [0.5, 0.6) is 5.75 Å². The van der Waals surface area contributed by atoms with Crippen molar-refractivity contribution in [3.05, 3.63) is 59.4 Å². The van der Waals surface area contributed by atoms with Crippen molar-refractivity contribution in [3.63, 3.8) is 0 Å². The Kier molecular flexibility index (Phi) is 5.18. The summed E-state index contributed by atoms with van der Waals surface area (Å²) in [6.45, 7) is 6.33. The van der Waals surface area contributed by atoms with E-state index >= 15 is 0 Å². The van der Waals surface area contributed by atoms with Crippen LogP contribution in [0.25, 0.3) is 11.0 Å². The van der Waals surface area contributed by atoms with Crippen molar-refractivity contribution < 1.29 is 9.53 Å². The highest BCUT2D eigenvalue weighted by Crippen LogP contribution is 2.20. The smallest absolute Gasteiger partial charge is 0.240 e. The van der Waals surface area contributed by atoms with Crippen LogP contribution in [0.4, 0.5) is 0 Å². The van der Waals surface area contributed by atoms with E-state index in [9.17, 15) is 4.79 Å². The fourth-order valence-corrected chi connectivity index (χ4v) is 2.82. The molecule has 2 aromatic carbocycles. The summed E-state index contributed by atoms with van der Waals surface area (Å²) in [4.78, 5) is 17.0. The van der Waals surface area contributed by atoms with Gasteiger partial charge in [0.25, 0.3) is 0 Å². The lowest BCUT2D eigenvalue weighted by Crippen LogP contribution is -2.42. The van der Waals surface area contributed by atoms with Gasteiger partial charge in [0.05, 0.1) is 11.0 Å². The zero-order chi connectivity index (χ0) is 18.7. The fraction of sp³-hybridized carbons (Fsp3) is 0.300. The first-order valence-electron chi connectivity index (χ1n) is 8.45. The number of amides is 1. The molecule has 0 aliphatic rings. The van der Waals surface area contributed by atoms with Gasteiger partial charge in [-0.3, -0.25) is 4.79 Å². The molecule has 1 heterocycles. The van der Waals surface area contributed by atoms with Crippen LogP contribution in [0, 0.1) is 0 Å². The predicted octanol–water partition coefficient (Wildman–Crippen LogP) is 4.18. The first kappa shape index (κ1) is 18.3. The lowest BCUT2D eigenvalue weighted by atomic mass is 10.1. The fourth-order valence-electron chi connectivity index (χ4n) is 2.69. The summed E-state index contributed by atoms with van der Waals surface area (Å²) in [5.74, 6) is 1.34. The van der Waals surface area contributed by atoms with Crippen molar-refractivity contribution in [3.8, 4) is 5.75 Å². The van der Waals surface area contributed by atoms with E-state index in [1.165, 1.54) is 0 Å². The van der Waals surface area contributed by atoms with Gasteiger partial charge in [0.2, 0.25) is 5.91 Å². The van der Waals surface area contributed by atoms with Gasteiger partial charge in [-0.05, 0) is 57.2 Å². The molecule has 0 unspecified atom stereocenters. The lowest BCUT2D eigenvalue weighted by molar-refractivity contribution is -0.123. The number of nitrogens with one attached hydrogen (secondary N) is 1. The van der Waals surface area contributed by atoms with Crippen molar-refractivity contribution in [1.82, 2.24) is 14.9 Å².